The third-order valence-electron chi connectivity index (χ3n) is 6.58. The van der Waals surface area contributed by atoms with E-state index in [-0.39, 0.29) is 23.1 Å². The lowest BCUT2D eigenvalue weighted by Crippen LogP contribution is -2.46. The number of benzene rings is 1. The van der Waals surface area contributed by atoms with Gasteiger partial charge in [-0.25, -0.2) is 17.1 Å². The van der Waals surface area contributed by atoms with E-state index in [0.29, 0.717) is 37.9 Å². The molecule has 1 aromatic rings. The number of piperidine rings is 1. The molecule has 1 aromatic carbocycles. The first kappa shape index (κ1) is 18.9. The van der Waals surface area contributed by atoms with E-state index < -0.39 is 15.8 Å². The van der Waals surface area contributed by atoms with Crippen molar-refractivity contribution in [2.75, 3.05) is 13.1 Å². The van der Waals surface area contributed by atoms with Crippen molar-refractivity contribution in [1.29, 1.82) is 0 Å². The Kier molecular flexibility index (Phi) is 5.25. The molecule has 3 fully saturated rings. The number of halogens is 1. The number of rotatable bonds is 5. The molecule has 1 heterocycles. The summed E-state index contributed by atoms with van der Waals surface area (Å²) in [5.74, 6) is 0.552. The van der Waals surface area contributed by atoms with Gasteiger partial charge in [0.2, 0.25) is 15.9 Å². The van der Waals surface area contributed by atoms with E-state index in [1.807, 2.05) is 0 Å². The fraction of sp³-hybridized carbons (Fsp3) is 0.650. The Morgan fingerprint density at radius 1 is 1.11 bits per heavy atom. The lowest BCUT2D eigenvalue weighted by Gasteiger charge is -2.32. The zero-order valence-electron chi connectivity index (χ0n) is 15.4. The van der Waals surface area contributed by atoms with Gasteiger partial charge in [0.15, 0.2) is 0 Å². The van der Waals surface area contributed by atoms with Crippen LogP contribution in [0.4, 0.5) is 4.39 Å². The summed E-state index contributed by atoms with van der Waals surface area (Å²) in [6.45, 7) is 0.650. The van der Waals surface area contributed by atoms with Crippen LogP contribution in [0.15, 0.2) is 24.3 Å². The van der Waals surface area contributed by atoms with Gasteiger partial charge < -0.3 is 5.32 Å². The molecule has 4 rings (SSSR count). The number of fused-ring (bicyclic) bond motifs is 2. The van der Waals surface area contributed by atoms with Crippen LogP contribution in [0.3, 0.4) is 0 Å². The summed E-state index contributed by atoms with van der Waals surface area (Å²) in [6, 6.07) is 6.28. The average Bonchev–Trinajstić information content (AvgIpc) is 3.27. The molecule has 2 aliphatic carbocycles. The van der Waals surface area contributed by atoms with Gasteiger partial charge in [-0.1, -0.05) is 24.6 Å². The first-order valence-corrected chi connectivity index (χ1v) is 11.5. The lowest BCUT2D eigenvalue weighted by molar-refractivity contribution is -0.127. The minimum atomic E-state index is -3.58. The van der Waals surface area contributed by atoms with Gasteiger partial charge in [-0.15, -0.1) is 0 Å². The molecule has 0 unspecified atom stereocenters. The highest BCUT2D eigenvalue weighted by atomic mass is 32.2. The molecule has 1 amide bonds. The number of nitrogens with zero attached hydrogens (tertiary/aromatic N) is 1. The fourth-order valence-electron chi connectivity index (χ4n) is 5.02. The summed E-state index contributed by atoms with van der Waals surface area (Å²) in [7, 11) is -3.58. The van der Waals surface area contributed by atoms with Crippen molar-refractivity contribution in [3.63, 3.8) is 0 Å². The predicted molar refractivity (Wildman–Crippen MR) is 101 cm³/mol. The van der Waals surface area contributed by atoms with Gasteiger partial charge in [-0.05, 0) is 50.0 Å². The Labute approximate surface area is 160 Å². The van der Waals surface area contributed by atoms with Crippen LogP contribution in [0.25, 0.3) is 0 Å². The van der Waals surface area contributed by atoms with Gasteiger partial charge in [-0.3, -0.25) is 4.79 Å². The van der Waals surface area contributed by atoms with Crippen molar-refractivity contribution in [1.82, 2.24) is 9.62 Å². The maximum atomic E-state index is 13.8. The Bertz CT molecular complexity index is 805. The normalized spacial score (nSPS) is 29.1. The number of sulfonamides is 1. The largest absolute Gasteiger partial charge is 0.353 e. The second-order valence-electron chi connectivity index (χ2n) is 8.31. The van der Waals surface area contributed by atoms with E-state index in [9.17, 15) is 17.6 Å². The van der Waals surface area contributed by atoms with E-state index in [2.05, 4.69) is 5.32 Å². The van der Waals surface area contributed by atoms with Crippen LogP contribution in [0, 0.1) is 23.6 Å². The van der Waals surface area contributed by atoms with Gasteiger partial charge in [0.05, 0.1) is 5.75 Å². The molecule has 3 atom stereocenters. The molecule has 0 aromatic heterocycles. The van der Waals surface area contributed by atoms with Crippen LogP contribution in [0.5, 0.6) is 0 Å². The summed E-state index contributed by atoms with van der Waals surface area (Å²) in [5.41, 5.74) is 0.189. The van der Waals surface area contributed by atoms with Gasteiger partial charge in [0.25, 0.3) is 0 Å². The zero-order valence-corrected chi connectivity index (χ0v) is 16.3. The predicted octanol–water partition coefficient (Wildman–Crippen LogP) is 2.67. The standard InChI is InChI=1S/C20H27FN2O3S/c21-18-4-2-1-3-17(18)13-27(25,26)23-9-7-15(8-10-23)20(24)22-19-12-14-5-6-16(19)11-14/h1-4,14-16,19H,5-13H2,(H,22,24)/t14-,16+,19+/m0/s1. The van der Waals surface area contributed by atoms with Crippen LogP contribution >= 0.6 is 0 Å². The van der Waals surface area contributed by atoms with Crippen LogP contribution in [0.2, 0.25) is 0 Å². The van der Waals surface area contributed by atoms with E-state index in [4.69, 9.17) is 0 Å². The number of hydrogen-bond donors (Lipinski definition) is 1. The average molecular weight is 395 g/mol. The van der Waals surface area contributed by atoms with Crippen molar-refractivity contribution >= 4 is 15.9 Å². The van der Waals surface area contributed by atoms with Gasteiger partial charge >= 0.3 is 0 Å². The van der Waals surface area contributed by atoms with E-state index in [1.165, 1.54) is 35.7 Å². The maximum Gasteiger partial charge on any atom is 0.223 e. The Morgan fingerprint density at radius 2 is 1.85 bits per heavy atom. The van der Waals surface area contributed by atoms with Crippen LogP contribution in [-0.4, -0.2) is 37.8 Å². The smallest absolute Gasteiger partial charge is 0.223 e. The summed E-state index contributed by atoms with van der Waals surface area (Å²) in [6.07, 6.45) is 5.94. The number of hydrogen-bond acceptors (Lipinski definition) is 3. The third-order valence-corrected chi connectivity index (χ3v) is 8.41. The van der Waals surface area contributed by atoms with Crippen molar-refractivity contribution in [2.24, 2.45) is 17.8 Å². The molecule has 148 valence electrons. The quantitative estimate of drug-likeness (QED) is 0.835. The Hall–Kier alpha value is -1.47. The third kappa shape index (κ3) is 4.04. The molecule has 2 saturated carbocycles. The number of nitrogens with one attached hydrogen (secondary N) is 1. The highest BCUT2D eigenvalue weighted by Gasteiger charge is 2.41. The fourth-order valence-corrected chi connectivity index (χ4v) is 6.60. The molecular weight excluding hydrogens is 367 g/mol. The molecule has 1 aliphatic heterocycles. The summed E-state index contributed by atoms with van der Waals surface area (Å²) in [4.78, 5) is 12.6. The maximum absolute atomic E-state index is 13.8. The minimum Gasteiger partial charge on any atom is -0.353 e. The second-order valence-corrected chi connectivity index (χ2v) is 10.3. The molecule has 1 saturated heterocycles. The first-order valence-electron chi connectivity index (χ1n) is 9.94. The lowest BCUT2D eigenvalue weighted by atomic mass is 9.93. The highest BCUT2D eigenvalue weighted by Crippen LogP contribution is 2.44. The highest BCUT2D eigenvalue weighted by molar-refractivity contribution is 7.88. The molecule has 27 heavy (non-hydrogen) atoms. The molecule has 3 aliphatic rings. The minimum absolute atomic E-state index is 0.0821. The molecule has 2 bridgehead atoms. The molecule has 0 spiro atoms. The van der Waals surface area contributed by atoms with Crippen molar-refractivity contribution < 1.29 is 17.6 Å². The van der Waals surface area contributed by atoms with Crippen molar-refractivity contribution in [2.45, 2.75) is 50.3 Å². The molecule has 5 nitrogen and oxygen atoms in total. The van der Waals surface area contributed by atoms with Crippen LogP contribution < -0.4 is 5.32 Å². The van der Waals surface area contributed by atoms with E-state index in [0.717, 1.165) is 12.3 Å². The Morgan fingerprint density at radius 3 is 2.48 bits per heavy atom. The summed E-state index contributed by atoms with van der Waals surface area (Å²) >= 11 is 0. The number of carbonyl (C=O) groups is 1. The zero-order chi connectivity index (χ0) is 19.0. The number of carbonyl (C=O) groups excluding carboxylic acids is 1. The van der Waals surface area contributed by atoms with Crippen molar-refractivity contribution in [3.8, 4) is 0 Å². The topological polar surface area (TPSA) is 66.5 Å². The van der Waals surface area contributed by atoms with Gasteiger partial charge in [0.1, 0.15) is 5.82 Å². The molecule has 7 heteroatoms. The van der Waals surface area contributed by atoms with Crippen molar-refractivity contribution in [3.05, 3.63) is 35.6 Å². The summed E-state index contributed by atoms with van der Waals surface area (Å²) < 4.78 is 40.4. The first-order chi connectivity index (χ1) is 12.9. The van der Waals surface area contributed by atoms with Crippen LogP contribution in [0.1, 0.15) is 44.1 Å². The summed E-state index contributed by atoms with van der Waals surface area (Å²) in [5, 5.41) is 3.22. The molecular formula is C20H27FN2O3S. The second kappa shape index (κ2) is 7.51. The van der Waals surface area contributed by atoms with E-state index in [1.54, 1.807) is 12.1 Å². The Balaban J connectivity index is 1.30. The molecule has 0 radical (unpaired) electrons. The number of amides is 1. The van der Waals surface area contributed by atoms with Gasteiger partial charge in [0, 0.05) is 30.6 Å². The van der Waals surface area contributed by atoms with Gasteiger partial charge in [-0.2, -0.15) is 0 Å². The molecule has 1 N–H and O–H groups in total. The monoisotopic (exact) mass is 394 g/mol. The van der Waals surface area contributed by atoms with E-state index >= 15 is 0 Å². The SMILES string of the molecule is O=C(N[C@@H]1C[C@H]2CC[C@@H]1C2)C1CCN(S(=O)(=O)Cc2ccccc2F)CC1. The van der Waals surface area contributed by atoms with Crippen LogP contribution in [-0.2, 0) is 20.6 Å².